The SMILES string of the molecule is COC(=O)c1cnc(NC(=O)c2cc3c(F)cccc3s2)s1. The number of carbonyl (C=O) groups is 2. The molecule has 5 nitrogen and oxygen atoms in total. The molecule has 0 fully saturated rings. The number of benzene rings is 1. The quantitative estimate of drug-likeness (QED) is 0.743. The van der Waals surface area contributed by atoms with Gasteiger partial charge in [0.2, 0.25) is 0 Å². The van der Waals surface area contributed by atoms with Crippen molar-refractivity contribution in [3.8, 4) is 0 Å². The number of hydrogen-bond donors (Lipinski definition) is 1. The summed E-state index contributed by atoms with van der Waals surface area (Å²) in [5, 5.41) is 3.28. The van der Waals surface area contributed by atoms with E-state index in [0.717, 1.165) is 11.3 Å². The van der Waals surface area contributed by atoms with Gasteiger partial charge in [-0.1, -0.05) is 17.4 Å². The van der Waals surface area contributed by atoms with Crippen LogP contribution in [0.1, 0.15) is 19.3 Å². The average molecular weight is 336 g/mol. The fourth-order valence-electron chi connectivity index (χ4n) is 1.82. The van der Waals surface area contributed by atoms with Crippen LogP contribution in [0.15, 0.2) is 30.5 Å². The second-order valence-corrected chi connectivity index (χ2v) is 6.35. The molecular formula is C14H9FN2O3S2. The van der Waals surface area contributed by atoms with Gasteiger partial charge in [0.15, 0.2) is 5.13 Å². The zero-order chi connectivity index (χ0) is 15.7. The van der Waals surface area contributed by atoms with Gasteiger partial charge in [-0.15, -0.1) is 11.3 Å². The van der Waals surface area contributed by atoms with E-state index < -0.39 is 11.9 Å². The minimum atomic E-state index is -0.512. The van der Waals surface area contributed by atoms with Gasteiger partial charge >= 0.3 is 5.97 Å². The van der Waals surface area contributed by atoms with Crippen molar-refractivity contribution in [1.29, 1.82) is 0 Å². The van der Waals surface area contributed by atoms with Crippen LogP contribution in [0.25, 0.3) is 10.1 Å². The molecule has 1 aromatic carbocycles. The largest absolute Gasteiger partial charge is 0.465 e. The molecule has 0 bridgehead atoms. The number of esters is 1. The Morgan fingerprint density at radius 3 is 2.82 bits per heavy atom. The number of thiazole rings is 1. The summed E-state index contributed by atoms with van der Waals surface area (Å²) in [6.45, 7) is 0. The number of aromatic nitrogens is 1. The number of halogens is 1. The van der Waals surface area contributed by atoms with Crippen LogP contribution in [0.5, 0.6) is 0 Å². The number of nitrogens with zero attached hydrogens (tertiary/aromatic N) is 1. The fourth-order valence-corrected chi connectivity index (χ4v) is 3.52. The Kier molecular flexibility index (Phi) is 3.86. The predicted octanol–water partition coefficient (Wildman–Crippen LogP) is 3.54. The van der Waals surface area contributed by atoms with Crippen molar-refractivity contribution in [3.63, 3.8) is 0 Å². The molecule has 22 heavy (non-hydrogen) atoms. The van der Waals surface area contributed by atoms with Gasteiger partial charge in [-0.25, -0.2) is 14.2 Å². The second kappa shape index (κ2) is 5.82. The van der Waals surface area contributed by atoms with Crippen molar-refractivity contribution in [1.82, 2.24) is 4.98 Å². The number of hydrogen-bond acceptors (Lipinski definition) is 6. The molecular weight excluding hydrogens is 327 g/mol. The van der Waals surface area contributed by atoms with E-state index in [2.05, 4.69) is 15.0 Å². The van der Waals surface area contributed by atoms with Gasteiger partial charge in [0.1, 0.15) is 10.7 Å². The van der Waals surface area contributed by atoms with E-state index >= 15 is 0 Å². The fraction of sp³-hybridized carbons (Fsp3) is 0.0714. The first-order valence-electron chi connectivity index (χ1n) is 6.12. The van der Waals surface area contributed by atoms with E-state index in [0.29, 0.717) is 19.8 Å². The summed E-state index contributed by atoms with van der Waals surface area (Å²) in [6.07, 6.45) is 1.33. The van der Waals surface area contributed by atoms with Gasteiger partial charge in [0.25, 0.3) is 5.91 Å². The van der Waals surface area contributed by atoms with E-state index in [1.807, 2.05) is 0 Å². The molecule has 3 rings (SSSR count). The predicted molar refractivity (Wildman–Crippen MR) is 83.2 cm³/mol. The van der Waals surface area contributed by atoms with Crippen LogP contribution in [0.2, 0.25) is 0 Å². The maximum atomic E-state index is 13.6. The third-order valence-corrected chi connectivity index (χ3v) is 4.84. The van der Waals surface area contributed by atoms with Crippen molar-refractivity contribution in [2.24, 2.45) is 0 Å². The lowest BCUT2D eigenvalue weighted by Crippen LogP contribution is -2.09. The first kappa shape index (κ1) is 14.6. The molecule has 0 aliphatic heterocycles. The molecule has 0 saturated heterocycles. The summed E-state index contributed by atoms with van der Waals surface area (Å²) in [6, 6.07) is 6.19. The molecule has 8 heteroatoms. The van der Waals surface area contributed by atoms with Crippen molar-refractivity contribution < 1.29 is 18.7 Å². The van der Waals surface area contributed by atoms with E-state index in [1.54, 1.807) is 12.1 Å². The molecule has 0 unspecified atom stereocenters. The first-order valence-corrected chi connectivity index (χ1v) is 7.75. The molecule has 2 aromatic heterocycles. The number of methoxy groups -OCH3 is 1. The molecule has 1 N–H and O–H groups in total. The molecule has 2 heterocycles. The van der Waals surface area contributed by atoms with Gasteiger partial charge in [0.05, 0.1) is 18.2 Å². The number of nitrogens with one attached hydrogen (secondary N) is 1. The number of anilines is 1. The molecule has 1 amide bonds. The van der Waals surface area contributed by atoms with Crippen molar-refractivity contribution in [2.45, 2.75) is 0 Å². The minimum absolute atomic E-state index is 0.281. The van der Waals surface area contributed by atoms with Crippen molar-refractivity contribution in [3.05, 3.63) is 46.0 Å². The molecule has 0 radical (unpaired) electrons. The lowest BCUT2D eigenvalue weighted by Gasteiger charge is -1.97. The molecule has 3 aromatic rings. The third-order valence-electron chi connectivity index (χ3n) is 2.84. The van der Waals surface area contributed by atoms with Crippen LogP contribution in [-0.4, -0.2) is 24.0 Å². The summed E-state index contributed by atoms with van der Waals surface area (Å²) in [7, 11) is 1.27. The van der Waals surface area contributed by atoms with E-state index in [-0.39, 0.29) is 10.9 Å². The van der Waals surface area contributed by atoms with E-state index in [4.69, 9.17) is 0 Å². The highest BCUT2D eigenvalue weighted by atomic mass is 32.1. The van der Waals surface area contributed by atoms with E-state index in [1.165, 1.54) is 36.8 Å². The maximum Gasteiger partial charge on any atom is 0.349 e. The molecule has 112 valence electrons. The summed E-state index contributed by atoms with van der Waals surface area (Å²) < 4.78 is 18.9. The average Bonchev–Trinajstić information content (AvgIpc) is 3.13. The standard InChI is InChI=1S/C14H9FN2O3S2/c1-20-13(19)11-6-16-14(22-11)17-12(18)10-5-7-8(15)3-2-4-9(7)21-10/h2-6H,1H3,(H,16,17,18). The van der Waals surface area contributed by atoms with Crippen LogP contribution in [0.3, 0.4) is 0 Å². The monoisotopic (exact) mass is 336 g/mol. The van der Waals surface area contributed by atoms with Gasteiger partial charge in [-0.2, -0.15) is 0 Å². The normalized spacial score (nSPS) is 10.6. The number of ether oxygens (including phenoxy) is 1. The Morgan fingerprint density at radius 1 is 1.27 bits per heavy atom. The Bertz CT molecular complexity index is 872. The van der Waals surface area contributed by atoms with Crippen LogP contribution in [0, 0.1) is 5.82 Å². The van der Waals surface area contributed by atoms with Gasteiger partial charge in [0, 0.05) is 10.1 Å². The molecule has 0 spiro atoms. The Hall–Kier alpha value is -2.32. The van der Waals surface area contributed by atoms with Crippen LogP contribution >= 0.6 is 22.7 Å². The summed E-state index contributed by atoms with van der Waals surface area (Å²) >= 11 is 2.20. The smallest absolute Gasteiger partial charge is 0.349 e. The zero-order valence-corrected chi connectivity index (χ0v) is 12.9. The lowest BCUT2D eigenvalue weighted by atomic mass is 10.2. The lowest BCUT2D eigenvalue weighted by molar-refractivity contribution is 0.0606. The topological polar surface area (TPSA) is 68.3 Å². The van der Waals surface area contributed by atoms with Crippen LogP contribution in [0.4, 0.5) is 9.52 Å². The van der Waals surface area contributed by atoms with Crippen LogP contribution < -0.4 is 5.32 Å². The Balaban J connectivity index is 1.82. The number of fused-ring (bicyclic) bond motifs is 1. The summed E-state index contributed by atoms with van der Waals surface area (Å²) in [5.74, 6) is -1.27. The molecule has 0 aliphatic carbocycles. The second-order valence-electron chi connectivity index (χ2n) is 4.24. The molecule has 0 aliphatic rings. The van der Waals surface area contributed by atoms with Crippen molar-refractivity contribution in [2.75, 3.05) is 12.4 Å². The number of thiophene rings is 1. The van der Waals surface area contributed by atoms with Gasteiger partial charge in [-0.05, 0) is 18.2 Å². The third kappa shape index (κ3) is 2.70. The van der Waals surface area contributed by atoms with Crippen LogP contribution in [-0.2, 0) is 4.74 Å². The Morgan fingerprint density at radius 2 is 2.09 bits per heavy atom. The first-order chi connectivity index (χ1) is 10.6. The molecule has 0 saturated carbocycles. The maximum absolute atomic E-state index is 13.6. The molecule has 0 atom stereocenters. The van der Waals surface area contributed by atoms with E-state index in [9.17, 15) is 14.0 Å². The minimum Gasteiger partial charge on any atom is -0.465 e. The van der Waals surface area contributed by atoms with Crippen molar-refractivity contribution >= 4 is 49.8 Å². The number of amides is 1. The number of carbonyl (C=O) groups excluding carboxylic acids is 2. The highest BCUT2D eigenvalue weighted by Gasteiger charge is 2.16. The summed E-state index contributed by atoms with van der Waals surface area (Å²) in [4.78, 5) is 28.1. The van der Waals surface area contributed by atoms with Gasteiger partial charge in [-0.3, -0.25) is 10.1 Å². The number of rotatable bonds is 3. The zero-order valence-electron chi connectivity index (χ0n) is 11.3. The Labute approximate surface area is 132 Å². The highest BCUT2D eigenvalue weighted by molar-refractivity contribution is 7.21. The highest BCUT2D eigenvalue weighted by Crippen LogP contribution is 2.28. The summed E-state index contributed by atoms with van der Waals surface area (Å²) in [5.41, 5.74) is 0. The van der Waals surface area contributed by atoms with Gasteiger partial charge < -0.3 is 4.74 Å².